The molecule has 1 aliphatic rings. The highest BCUT2D eigenvalue weighted by Crippen LogP contribution is 2.79. The fourth-order valence-corrected chi connectivity index (χ4v) is 13.6. The van der Waals surface area contributed by atoms with Crippen LogP contribution >= 0.6 is 159 Å². The van der Waals surface area contributed by atoms with Gasteiger partial charge in [0, 0.05) is 39.4 Å². The van der Waals surface area contributed by atoms with Gasteiger partial charge < -0.3 is 10.2 Å². The normalized spacial score (nSPS) is 25.9. The summed E-state index contributed by atoms with van der Waals surface area (Å²) < 4.78 is -2.02. The molecule has 0 fully saturated rings. The van der Waals surface area contributed by atoms with Crippen LogP contribution in [0.15, 0.2) is 17.9 Å². The lowest BCUT2D eigenvalue weighted by Gasteiger charge is -2.63. The van der Waals surface area contributed by atoms with Gasteiger partial charge in [0.05, 0.1) is 0 Å². The second-order valence-corrected chi connectivity index (χ2v) is 19.7. The van der Waals surface area contributed by atoms with E-state index in [9.17, 15) is 19.8 Å². The van der Waals surface area contributed by atoms with Crippen LogP contribution in [-0.2, 0) is 9.59 Å². The van der Waals surface area contributed by atoms with Crippen molar-refractivity contribution in [1.82, 2.24) is 0 Å². The van der Waals surface area contributed by atoms with Crippen molar-refractivity contribution >= 4 is 171 Å². The van der Waals surface area contributed by atoms with Crippen molar-refractivity contribution < 1.29 is 19.8 Å². The fraction of sp³-hybridized carbons (Fsp3) is 0.667. The molecule has 32 heavy (non-hydrogen) atoms. The van der Waals surface area contributed by atoms with E-state index in [2.05, 4.69) is 159 Å². The Balaban J connectivity index is 4.68. The van der Waals surface area contributed by atoms with Crippen LogP contribution in [0.2, 0.25) is 0 Å². The van der Waals surface area contributed by atoms with E-state index in [0.29, 0.717) is 19.6 Å². The zero-order chi connectivity index (χ0) is 25.9. The first kappa shape index (κ1) is 33.2. The summed E-state index contributed by atoms with van der Waals surface area (Å²) in [4.78, 5) is 27.1. The summed E-state index contributed by atoms with van der Waals surface area (Å²) in [6.07, 6.45) is 0. The van der Waals surface area contributed by atoms with Crippen molar-refractivity contribution in [1.29, 1.82) is 0 Å². The van der Waals surface area contributed by atoms with E-state index in [1.807, 2.05) is 27.7 Å². The van der Waals surface area contributed by atoms with E-state index >= 15 is 0 Å². The van der Waals surface area contributed by atoms with Crippen molar-refractivity contribution in [2.24, 2.45) is 21.7 Å². The molecular formula is C18H18Br10O4. The molecule has 0 amide bonds. The molecule has 0 aromatic carbocycles. The molecule has 4 nitrogen and oxygen atoms in total. The minimum Gasteiger partial charge on any atom is -0.480 e. The van der Waals surface area contributed by atoms with Crippen molar-refractivity contribution in [3.63, 3.8) is 0 Å². The molecule has 0 heterocycles. The van der Waals surface area contributed by atoms with E-state index in [-0.39, 0.29) is 8.96 Å². The van der Waals surface area contributed by atoms with Gasteiger partial charge in [-0.3, -0.25) is 9.59 Å². The summed E-state index contributed by atoms with van der Waals surface area (Å²) in [7, 11) is 0. The number of carbonyl (C=O) groups is 2. The van der Waals surface area contributed by atoms with Crippen LogP contribution in [0.3, 0.4) is 0 Å². The summed E-state index contributed by atoms with van der Waals surface area (Å²) in [5, 5.41) is 22.7. The summed E-state index contributed by atoms with van der Waals surface area (Å²) >= 11 is 35.6. The van der Waals surface area contributed by atoms with Crippen LogP contribution < -0.4 is 0 Å². The maximum absolute atomic E-state index is 13.5. The minimum absolute atomic E-state index is 0.131. The molecule has 0 saturated carbocycles. The fourth-order valence-electron chi connectivity index (χ4n) is 3.56. The minimum atomic E-state index is -2.16. The molecule has 0 bridgehead atoms. The van der Waals surface area contributed by atoms with Gasteiger partial charge in [0.1, 0.15) is 17.3 Å². The monoisotopic (exact) mass is 1090 g/mol. The lowest BCUT2D eigenvalue weighted by molar-refractivity contribution is -0.170. The van der Waals surface area contributed by atoms with Gasteiger partial charge in [-0.2, -0.15) is 0 Å². The second kappa shape index (κ2) is 10.8. The number of hydrogen-bond acceptors (Lipinski definition) is 2. The van der Waals surface area contributed by atoms with Gasteiger partial charge in [-0.05, 0) is 31.9 Å². The molecule has 0 spiro atoms. The third kappa shape index (κ3) is 4.24. The van der Waals surface area contributed by atoms with Crippen LogP contribution in [0.1, 0.15) is 27.7 Å². The first-order valence-electron chi connectivity index (χ1n) is 8.61. The molecule has 0 aromatic heterocycles. The topological polar surface area (TPSA) is 74.6 Å². The van der Waals surface area contributed by atoms with Gasteiger partial charge >= 0.3 is 11.9 Å². The number of aliphatic carboxylic acids is 2. The van der Waals surface area contributed by atoms with Crippen LogP contribution in [0.4, 0.5) is 0 Å². The van der Waals surface area contributed by atoms with Gasteiger partial charge in [0.15, 0.2) is 0 Å². The van der Waals surface area contributed by atoms with Gasteiger partial charge in [-0.25, -0.2) is 0 Å². The summed E-state index contributed by atoms with van der Waals surface area (Å²) in [5.74, 6) is -2.73. The average Bonchev–Trinajstić information content (AvgIpc) is 2.67. The molecule has 2 unspecified atom stereocenters. The second-order valence-electron chi connectivity index (χ2n) is 8.55. The molecule has 0 saturated heterocycles. The number of alkyl halides is 6. The standard InChI is InChI=1S/C18H18Br10O4/c1-13(2,5-19)17(25,26)15(11(29)30)9(23)7(21)8(22)10(24)16(15,12(31)32)18(27,28)14(3,4)6-20/h5-6H2,1-4H3,(H,29,30)(H,31,32). The van der Waals surface area contributed by atoms with Gasteiger partial charge in [0.25, 0.3) is 0 Å². The Bertz CT molecular complexity index is 820. The zero-order valence-corrected chi connectivity index (χ0v) is 32.8. The number of carboxylic acid groups (broad SMARTS) is 2. The summed E-state index contributed by atoms with van der Waals surface area (Å²) in [6, 6.07) is 0. The van der Waals surface area contributed by atoms with Gasteiger partial charge in [-0.1, -0.05) is 155 Å². The van der Waals surface area contributed by atoms with Gasteiger partial charge in [0.2, 0.25) is 0 Å². The Morgan fingerprint density at radius 2 is 0.906 bits per heavy atom. The van der Waals surface area contributed by atoms with E-state index < -0.39 is 40.1 Å². The van der Waals surface area contributed by atoms with Crippen LogP contribution in [0.5, 0.6) is 0 Å². The van der Waals surface area contributed by atoms with Crippen LogP contribution in [-0.4, -0.2) is 39.3 Å². The lowest BCUT2D eigenvalue weighted by atomic mass is 9.52. The van der Waals surface area contributed by atoms with Crippen LogP contribution in [0.25, 0.3) is 0 Å². The molecular weight excluding hydrogens is 1080 g/mol. The van der Waals surface area contributed by atoms with Gasteiger partial charge in [-0.15, -0.1) is 0 Å². The Morgan fingerprint density at radius 3 is 1.06 bits per heavy atom. The summed E-state index contributed by atoms with van der Waals surface area (Å²) in [6.45, 7) is 7.32. The predicted octanol–water partition coefficient (Wildman–Crippen LogP) is 9.96. The molecule has 2 atom stereocenters. The van der Waals surface area contributed by atoms with Crippen molar-refractivity contribution in [3.8, 4) is 0 Å². The lowest BCUT2D eigenvalue weighted by Crippen LogP contribution is -2.73. The quantitative estimate of drug-likeness (QED) is 0.238. The molecule has 0 aromatic rings. The Labute approximate surface area is 271 Å². The highest BCUT2D eigenvalue weighted by molar-refractivity contribution is 9.26. The maximum Gasteiger partial charge on any atom is 0.318 e. The molecule has 1 rings (SSSR count). The number of halogens is 10. The molecule has 1 aliphatic carbocycles. The third-order valence-electron chi connectivity index (χ3n) is 5.75. The number of rotatable bonds is 8. The largest absolute Gasteiger partial charge is 0.480 e. The average molecular weight is 1100 g/mol. The highest BCUT2D eigenvalue weighted by atomic mass is 79.9. The number of hydrogen-bond donors (Lipinski definition) is 2. The Kier molecular flexibility index (Phi) is 11.2. The predicted molar refractivity (Wildman–Crippen MR) is 166 cm³/mol. The van der Waals surface area contributed by atoms with Crippen LogP contribution in [0, 0.1) is 21.7 Å². The smallest absolute Gasteiger partial charge is 0.318 e. The summed E-state index contributed by atoms with van der Waals surface area (Å²) in [5.41, 5.74) is -5.98. The zero-order valence-electron chi connectivity index (χ0n) is 16.9. The van der Waals surface area contributed by atoms with Crippen molar-refractivity contribution in [2.75, 3.05) is 10.7 Å². The number of carboxylic acids is 2. The molecule has 0 radical (unpaired) electrons. The van der Waals surface area contributed by atoms with E-state index in [4.69, 9.17) is 0 Å². The highest BCUT2D eigenvalue weighted by Gasteiger charge is 2.83. The Hall–Kier alpha value is 3.22. The molecule has 184 valence electrons. The van der Waals surface area contributed by atoms with E-state index in [1.165, 1.54) is 0 Å². The van der Waals surface area contributed by atoms with Crippen molar-refractivity contribution in [3.05, 3.63) is 17.9 Å². The molecule has 14 heteroatoms. The Morgan fingerprint density at radius 1 is 0.688 bits per heavy atom. The maximum atomic E-state index is 13.5. The van der Waals surface area contributed by atoms with Crippen molar-refractivity contribution in [2.45, 2.75) is 34.2 Å². The SMILES string of the molecule is CC(C)(CBr)C(Br)(Br)C1(C(=O)O)C(Br)=C(Br)C(Br)=C(Br)C1(C(=O)O)C(Br)(Br)C(C)(C)CBr. The van der Waals surface area contributed by atoms with E-state index in [0.717, 1.165) is 0 Å². The first-order chi connectivity index (χ1) is 14.1. The third-order valence-corrected chi connectivity index (χ3v) is 20.4. The molecule has 0 aliphatic heterocycles. The first-order valence-corrected chi connectivity index (χ1v) is 17.2. The molecule has 2 N–H and O–H groups in total. The number of allylic oxidation sites excluding steroid dienone is 2. The van der Waals surface area contributed by atoms with E-state index in [1.54, 1.807) is 0 Å².